The highest BCUT2D eigenvalue weighted by Crippen LogP contribution is 2.48. The van der Waals surface area contributed by atoms with Crippen LogP contribution in [-0.4, -0.2) is 6.61 Å². The second-order valence-corrected chi connectivity index (χ2v) is 9.80. The van der Waals surface area contributed by atoms with Gasteiger partial charge in [-0.15, -0.1) is 0 Å². The third-order valence-corrected chi connectivity index (χ3v) is 7.82. The van der Waals surface area contributed by atoms with Crippen molar-refractivity contribution in [2.45, 2.75) is 90.1 Å². The van der Waals surface area contributed by atoms with Crippen LogP contribution in [0.3, 0.4) is 0 Å². The molecule has 4 atom stereocenters. The molecule has 4 rings (SSSR count). The van der Waals surface area contributed by atoms with Crippen LogP contribution in [0.5, 0.6) is 5.75 Å². The van der Waals surface area contributed by atoms with Gasteiger partial charge < -0.3 is 4.74 Å². The fourth-order valence-corrected chi connectivity index (χ4v) is 6.14. The summed E-state index contributed by atoms with van der Waals surface area (Å²) in [7, 11) is 0. The zero-order valence-corrected chi connectivity index (χ0v) is 18.6. The zero-order valence-electron chi connectivity index (χ0n) is 18.6. The van der Waals surface area contributed by atoms with Crippen LogP contribution in [0.15, 0.2) is 30.3 Å². The molecule has 1 nitrogen and oxygen atoms in total. The Morgan fingerprint density at radius 1 is 0.935 bits per heavy atom. The van der Waals surface area contributed by atoms with Gasteiger partial charge in [0.05, 0.1) is 0 Å². The Morgan fingerprint density at radius 2 is 1.74 bits per heavy atom. The smallest absolute Gasteiger partial charge is 0.387 e. The lowest BCUT2D eigenvalue weighted by Crippen LogP contribution is -2.30. The lowest BCUT2D eigenvalue weighted by atomic mass is 9.63. The molecular weight excluding hydrogens is 397 g/mol. The largest absolute Gasteiger partial charge is 0.432 e. The molecule has 0 saturated heterocycles. The Kier molecular flexibility index (Phi) is 7.45. The van der Waals surface area contributed by atoms with E-state index in [0.29, 0.717) is 11.3 Å². The fraction of sp³-hybridized carbons (Fsp3) is 0.630. The van der Waals surface area contributed by atoms with Crippen molar-refractivity contribution in [1.29, 1.82) is 0 Å². The normalized spacial score (nSPS) is 26.2. The van der Waals surface area contributed by atoms with Gasteiger partial charge in [-0.3, -0.25) is 0 Å². The minimum absolute atomic E-state index is 0.346. The van der Waals surface area contributed by atoms with Gasteiger partial charge in [0.2, 0.25) is 0 Å². The standard InChI is InChI=1S/C27H35F3O/c1-2-3-4-5-6-18-7-8-20-16-21(10-9-19(20)15-18)22-11-13-24-23(17-22)12-14-25(26(24)28)31-27(29)30/h11-14,17-21,27H,2-10,15-16H2,1H3/t18-,19?,20-,21?/m1/s1. The first-order valence-corrected chi connectivity index (χ1v) is 12.2. The quantitative estimate of drug-likeness (QED) is 0.379. The number of rotatable bonds is 8. The average molecular weight is 433 g/mol. The van der Waals surface area contributed by atoms with Gasteiger partial charge in [0.1, 0.15) is 0 Å². The van der Waals surface area contributed by atoms with Crippen molar-refractivity contribution in [3.8, 4) is 5.75 Å². The molecule has 0 aliphatic heterocycles. The van der Waals surface area contributed by atoms with Crippen LogP contribution >= 0.6 is 0 Å². The molecule has 0 N–H and O–H groups in total. The predicted octanol–water partition coefficient (Wildman–Crippen LogP) is 8.85. The van der Waals surface area contributed by atoms with Crippen LogP contribution in [0.4, 0.5) is 13.2 Å². The van der Waals surface area contributed by atoms with Crippen LogP contribution in [0.25, 0.3) is 10.8 Å². The zero-order chi connectivity index (χ0) is 21.8. The third-order valence-electron chi connectivity index (χ3n) is 7.82. The number of hydrogen-bond acceptors (Lipinski definition) is 1. The van der Waals surface area contributed by atoms with Crippen molar-refractivity contribution in [1.82, 2.24) is 0 Å². The Morgan fingerprint density at radius 3 is 2.55 bits per heavy atom. The minimum Gasteiger partial charge on any atom is -0.432 e. The molecule has 170 valence electrons. The molecule has 2 saturated carbocycles. The van der Waals surface area contributed by atoms with Crippen molar-refractivity contribution in [3.63, 3.8) is 0 Å². The van der Waals surface area contributed by atoms with E-state index < -0.39 is 12.4 Å². The van der Waals surface area contributed by atoms with Gasteiger partial charge >= 0.3 is 6.61 Å². The molecule has 2 aromatic carbocycles. The highest BCUT2D eigenvalue weighted by Gasteiger charge is 2.35. The molecule has 0 amide bonds. The van der Waals surface area contributed by atoms with E-state index in [1.165, 1.54) is 82.3 Å². The number of unbranched alkanes of at least 4 members (excludes halogenated alkanes) is 3. The lowest BCUT2D eigenvalue weighted by Gasteiger charge is -2.42. The maximum absolute atomic E-state index is 14.5. The molecule has 0 aromatic heterocycles. The number of alkyl halides is 2. The number of halogens is 3. The van der Waals surface area contributed by atoms with Gasteiger partial charge in [0.25, 0.3) is 0 Å². The molecule has 4 heteroatoms. The van der Waals surface area contributed by atoms with E-state index >= 15 is 0 Å². The third kappa shape index (κ3) is 5.38. The minimum atomic E-state index is -3.02. The van der Waals surface area contributed by atoms with Crippen LogP contribution in [0.1, 0.15) is 89.0 Å². The molecule has 2 unspecified atom stereocenters. The van der Waals surface area contributed by atoms with E-state index in [4.69, 9.17) is 0 Å². The topological polar surface area (TPSA) is 9.23 Å². The average Bonchev–Trinajstić information content (AvgIpc) is 2.78. The van der Waals surface area contributed by atoms with Crippen molar-refractivity contribution in [2.24, 2.45) is 17.8 Å². The molecule has 2 aliphatic carbocycles. The van der Waals surface area contributed by atoms with E-state index in [-0.39, 0.29) is 5.75 Å². The number of ether oxygens (including phenoxy) is 1. The van der Waals surface area contributed by atoms with E-state index in [1.807, 2.05) is 6.07 Å². The number of hydrogen-bond donors (Lipinski definition) is 0. The van der Waals surface area contributed by atoms with Crippen molar-refractivity contribution < 1.29 is 17.9 Å². The first-order chi connectivity index (χ1) is 15.0. The first kappa shape index (κ1) is 22.5. The summed E-state index contributed by atoms with van der Waals surface area (Å²) in [5.41, 5.74) is 1.26. The SMILES string of the molecule is CCCCCC[C@@H]1CC[C@@H]2CC(c3ccc4c(F)c(OC(F)F)ccc4c3)CCC2C1. The summed E-state index contributed by atoms with van der Waals surface area (Å²) >= 11 is 0. The highest BCUT2D eigenvalue weighted by molar-refractivity contribution is 5.85. The summed E-state index contributed by atoms with van der Waals surface area (Å²) in [6, 6.07) is 8.77. The summed E-state index contributed by atoms with van der Waals surface area (Å²) in [6.07, 6.45) is 14.8. The number of fused-ring (bicyclic) bond motifs is 2. The van der Waals surface area contributed by atoms with E-state index in [0.717, 1.165) is 23.1 Å². The predicted molar refractivity (Wildman–Crippen MR) is 120 cm³/mol. The summed E-state index contributed by atoms with van der Waals surface area (Å²) in [4.78, 5) is 0. The number of benzene rings is 2. The van der Waals surface area contributed by atoms with Crippen molar-refractivity contribution in [2.75, 3.05) is 0 Å². The van der Waals surface area contributed by atoms with Gasteiger partial charge in [0.15, 0.2) is 11.6 Å². The van der Waals surface area contributed by atoms with Gasteiger partial charge in [-0.2, -0.15) is 8.78 Å². The lowest BCUT2D eigenvalue weighted by molar-refractivity contribution is -0.0520. The first-order valence-electron chi connectivity index (χ1n) is 12.2. The molecule has 0 bridgehead atoms. The second kappa shape index (κ2) is 10.3. The Labute approximate surface area is 184 Å². The molecule has 0 spiro atoms. The fourth-order valence-electron chi connectivity index (χ4n) is 6.14. The van der Waals surface area contributed by atoms with Crippen LogP contribution in [-0.2, 0) is 0 Å². The van der Waals surface area contributed by atoms with Crippen LogP contribution < -0.4 is 4.74 Å². The van der Waals surface area contributed by atoms with Crippen molar-refractivity contribution >= 4 is 10.8 Å². The van der Waals surface area contributed by atoms with Gasteiger partial charge in [-0.05, 0) is 72.8 Å². The van der Waals surface area contributed by atoms with E-state index in [1.54, 1.807) is 12.1 Å². The van der Waals surface area contributed by atoms with E-state index in [9.17, 15) is 13.2 Å². The van der Waals surface area contributed by atoms with E-state index in [2.05, 4.69) is 17.7 Å². The van der Waals surface area contributed by atoms with Crippen LogP contribution in [0.2, 0.25) is 0 Å². The van der Waals surface area contributed by atoms with Gasteiger partial charge in [-0.25, -0.2) is 4.39 Å². The Bertz CT molecular complexity index is 865. The summed E-state index contributed by atoms with van der Waals surface area (Å²) in [5, 5.41) is 1.11. The van der Waals surface area contributed by atoms with Gasteiger partial charge in [0, 0.05) is 5.39 Å². The summed E-state index contributed by atoms with van der Waals surface area (Å²) < 4.78 is 43.8. The Balaban J connectivity index is 1.38. The maximum Gasteiger partial charge on any atom is 0.387 e. The summed E-state index contributed by atoms with van der Waals surface area (Å²) in [6.45, 7) is -0.748. The molecule has 0 radical (unpaired) electrons. The molecule has 2 aliphatic rings. The van der Waals surface area contributed by atoms with Gasteiger partial charge in [-0.1, -0.05) is 69.7 Å². The molecule has 31 heavy (non-hydrogen) atoms. The molecule has 0 heterocycles. The Hall–Kier alpha value is -1.71. The molecule has 2 aromatic rings. The van der Waals surface area contributed by atoms with Crippen molar-refractivity contribution in [3.05, 3.63) is 41.7 Å². The molecular formula is C27H35F3O. The monoisotopic (exact) mass is 432 g/mol. The summed E-state index contributed by atoms with van der Waals surface area (Å²) in [5.74, 6) is 2.07. The highest BCUT2D eigenvalue weighted by atomic mass is 19.3. The molecule has 2 fully saturated rings. The van der Waals surface area contributed by atoms with Crippen LogP contribution in [0, 0.1) is 23.6 Å². The maximum atomic E-state index is 14.5. The second-order valence-electron chi connectivity index (χ2n) is 9.80.